The molecule has 5 rings (SSSR count). The van der Waals surface area contributed by atoms with Crippen LogP contribution in [0.2, 0.25) is 0 Å². The first-order chi connectivity index (χ1) is 16.6. The first kappa shape index (κ1) is 21.6. The van der Waals surface area contributed by atoms with Crippen LogP contribution in [0.4, 0.5) is 10.3 Å². The van der Waals surface area contributed by atoms with Crippen LogP contribution in [0.5, 0.6) is 11.5 Å². The van der Waals surface area contributed by atoms with E-state index in [2.05, 4.69) is 10.2 Å². The maximum absolute atomic E-state index is 14.7. The summed E-state index contributed by atoms with van der Waals surface area (Å²) in [5.41, 5.74) is 2.91. The quantitative estimate of drug-likeness (QED) is 0.351. The lowest BCUT2D eigenvalue weighted by atomic mass is 10.1. The minimum Gasteiger partial charge on any atom is -0.493 e. The molecule has 0 aliphatic heterocycles. The van der Waals surface area contributed by atoms with Gasteiger partial charge in [-0.1, -0.05) is 30.3 Å². The van der Waals surface area contributed by atoms with E-state index in [1.807, 2.05) is 58.8 Å². The molecule has 3 aromatic carbocycles. The molecular weight excluding hydrogens is 433 g/mol. The SMILES string of the molecule is COc1ccc(CCN(C)c2nc3ccccc3c3nnc(-c4ccccc4F)n23)cc1OC. The van der Waals surface area contributed by atoms with Crippen LogP contribution in [0.1, 0.15) is 5.56 Å². The molecule has 0 spiro atoms. The Morgan fingerprint density at radius 3 is 2.47 bits per heavy atom. The number of methoxy groups -OCH3 is 2. The molecule has 0 aliphatic carbocycles. The third-order valence-electron chi connectivity index (χ3n) is 5.87. The van der Waals surface area contributed by atoms with E-state index in [0.29, 0.717) is 41.0 Å². The van der Waals surface area contributed by atoms with Crippen molar-refractivity contribution in [3.05, 3.63) is 78.1 Å². The Labute approximate surface area is 196 Å². The van der Waals surface area contributed by atoms with Crippen molar-refractivity contribution in [3.63, 3.8) is 0 Å². The number of aromatic nitrogens is 4. The Balaban J connectivity index is 1.57. The van der Waals surface area contributed by atoms with Crippen molar-refractivity contribution in [2.45, 2.75) is 6.42 Å². The molecule has 0 unspecified atom stereocenters. The zero-order valence-electron chi connectivity index (χ0n) is 19.2. The summed E-state index contributed by atoms with van der Waals surface area (Å²) in [6.45, 7) is 0.658. The monoisotopic (exact) mass is 457 g/mol. The van der Waals surface area contributed by atoms with Crippen molar-refractivity contribution in [2.24, 2.45) is 0 Å². The Hall–Kier alpha value is -4.20. The summed E-state index contributed by atoms with van der Waals surface area (Å²) in [6, 6.07) is 20.2. The van der Waals surface area contributed by atoms with Gasteiger partial charge in [0.25, 0.3) is 0 Å². The predicted octanol–water partition coefficient (Wildman–Crippen LogP) is 4.78. The molecule has 0 saturated carbocycles. The largest absolute Gasteiger partial charge is 0.493 e. The van der Waals surface area contributed by atoms with Gasteiger partial charge in [0.2, 0.25) is 5.95 Å². The average molecular weight is 458 g/mol. The van der Waals surface area contributed by atoms with E-state index in [1.165, 1.54) is 6.07 Å². The molecule has 0 radical (unpaired) electrons. The van der Waals surface area contributed by atoms with Gasteiger partial charge in [-0.2, -0.15) is 0 Å². The topological polar surface area (TPSA) is 64.8 Å². The first-order valence-electron chi connectivity index (χ1n) is 10.9. The van der Waals surface area contributed by atoms with Gasteiger partial charge in [0.15, 0.2) is 23.0 Å². The number of nitrogens with zero attached hydrogens (tertiary/aromatic N) is 5. The Kier molecular flexibility index (Phi) is 5.71. The van der Waals surface area contributed by atoms with Crippen LogP contribution in [-0.2, 0) is 6.42 Å². The molecule has 0 saturated heterocycles. The molecule has 8 heteroatoms. The smallest absolute Gasteiger partial charge is 0.213 e. The van der Waals surface area contributed by atoms with Gasteiger partial charge < -0.3 is 14.4 Å². The second-order valence-corrected chi connectivity index (χ2v) is 7.95. The van der Waals surface area contributed by atoms with Crippen molar-refractivity contribution < 1.29 is 13.9 Å². The van der Waals surface area contributed by atoms with Crippen molar-refractivity contribution in [1.82, 2.24) is 19.6 Å². The molecule has 2 aromatic heterocycles. The Morgan fingerprint density at radius 2 is 1.68 bits per heavy atom. The number of halogens is 1. The standard InChI is InChI=1S/C26H24FN5O2/c1-31(15-14-17-12-13-22(33-2)23(16-17)34-3)26-28-21-11-7-5-9-19(21)25-30-29-24(32(25)26)18-8-4-6-10-20(18)27/h4-13,16H,14-15H2,1-3H3. The van der Waals surface area contributed by atoms with Crippen molar-refractivity contribution >= 4 is 22.5 Å². The Morgan fingerprint density at radius 1 is 0.912 bits per heavy atom. The van der Waals surface area contributed by atoms with E-state index in [9.17, 15) is 4.39 Å². The maximum Gasteiger partial charge on any atom is 0.213 e. The fraction of sp³-hybridized carbons (Fsp3) is 0.192. The van der Waals surface area contributed by atoms with Crippen molar-refractivity contribution in [2.75, 3.05) is 32.7 Å². The molecule has 0 bridgehead atoms. The highest BCUT2D eigenvalue weighted by Gasteiger charge is 2.20. The van der Waals surface area contributed by atoms with Gasteiger partial charge in [0.05, 0.1) is 25.3 Å². The summed E-state index contributed by atoms with van der Waals surface area (Å²) in [5, 5.41) is 9.63. The van der Waals surface area contributed by atoms with E-state index in [4.69, 9.17) is 14.5 Å². The van der Waals surface area contributed by atoms with Gasteiger partial charge in [-0.3, -0.25) is 0 Å². The number of fused-ring (bicyclic) bond motifs is 3. The third-order valence-corrected chi connectivity index (χ3v) is 5.87. The molecule has 34 heavy (non-hydrogen) atoms. The van der Waals surface area contributed by atoms with E-state index < -0.39 is 0 Å². The number of rotatable bonds is 7. The zero-order valence-corrected chi connectivity index (χ0v) is 19.2. The number of hydrogen-bond donors (Lipinski definition) is 0. The summed E-state index contributed by atoms with van der Waals surface area (Å²) in [6.07, 6.45) is 0.740. The minimum atomic E-state index is -0.358. The van der Waals surface area contributed by atoms with Gasteiger partial charge in [-0.05, 0) is 48.4 Å². The molecule has 172 valence electrons. The average Bonchev–Trinajstić information content (AvgIpc) is 3.32. The molecule has 0 fully saturated rings. The fourth-order valence-electron chi connectivity index (χ4n) is 4.07. The number of benzene rings is 3. The minimum absolute atomic E-state index is 0.358. The fourth-order valence-corrected chi connectivity index (χ4v) is 4.07. The van der Waals surface area contributed by atoms with Crippen LogP contribution in [0.3, 0.4) is 0 Å². The van der Waals surface area contributed by atoms with Crippen LogP contribution < -0.4 is 14.4 Å². The van der Waals surface area contributed by atoms with Crippen LogP contribution in [-0.4, -0.2) is 47.4 Å². The van der Waals surface area contributed by atoms with E-state index in [-0.39, 0.29) is 5.82 Å². The first-order valence-corrected chi connectivity index (χ1v) is 10.9. The predicted molar refractivity (Wildman–Crippen MR) is 130 cm³/mol. The highest BCUT2D eigenvalue weighted by Crippen LogP contribution is 2.30. The lowest BCUT2D eigenvalue weighted by molar-refractivity contribution is 0.354. The second kappa shape index (κ2) is 8.97. The van der Waals surface area contributed by atoms with Crippen LogP contribution >= 0.6 is 0 Å². The third kappa shape index (κ3) is 3.77. The van der Waals surface area contributed by atoms with Gasteiger partial charge in [0, 0.05) is 19.0 Å². The van der Waals surface area contributed by atoms with Gasteiger partial charge in [-0.25, -0.2) is 13.8 Å². The van der Waals surface area contributed by atoms with Crippen molar-refractivity contribution in [3.8, 4) is 22.9 Å². The van der Waals surface area contributed by atoms with Gasteiger partial charge in [-0.15, -0.1) is 10.2 Å². The number of anilines is 1. The molecule has 0 N–H and O–H groups in total. The highest BCUT2D eigenvalue weighted by atomic mass is 19.1. The molecule has 0 atom stereocenters. The number of likely N-dealkylation sites (N-methyl/N-ethyl adjacent to an activating group) is 1. The van der Waals surface area contributed by atoms with Crippen LogP contribution in [0.15, 0.2) is 66.7 Å². The lowest BCUT2D eigenvalue weighted by Gasteiger charge is -2.21. The highest BCUT2D eigenvalue weighted by molar-refractivity contribution is 5.93. The lowest BCUT2D eigenvalue weighted by Crippen LogP contribution is -2.24. The second-order valence-electron chi connectivity index (χ2n) is 7.95. The maximum atomic E-state index is 14.7. The summed E-state index contributed by atoms with van der Waals surface area (Å²) < 4.78 is 27.3. The molecule has 0 aliphatic rings. The number of ether oxygens (including phenoxy) is 2. The molecule has 0 amide bonds. The Bertz CT molecular complexity index is 1480. The summed E-state index contributed by atoms with van der Waals surface area (Å²) >= 11 is 0. The summed E-state index contributed by atoms with van der Waals surface area (Å²) in [7, 11) is 5.20. The molecule has 7 nitrogen and oxygen atoms in total. The zero-order chi connectivity index (χ0) is 23.7. The normalized spacial score (nSPS) is 11.2. The molecule has 5 aromatic rings. The molecule has 2 heterocycles. The number of para-hydroxylation sites is 1. The summed E-state index contributed by atoms with van der Waals surface area (Å²) in [4.78, 5) is 6.94. The van der Waals surface area contributed by atoms with Crippen LogP contribution in [0, 0.1) is 5.82 Å². The van der Waals surface area contributed by atoms with Gasteiger partial charge in [0.1, 0.15) is 5.82 Å². The molecular formula is C26H24FN5O2. The number of hydrogen-bond acceptors (Lipinski definition) is 6. The van der Waals surface area contributed by atoms with E-state index >= 15 is 0 Å². The summed E-state index contributed by atoms with van der Waals surface area (Å²) in [5.74, 6) is 2.08. The van der Waals surface area contributed by atoms with Crippen LogP contribution in [0.25, 0.3) is 27.9 Å². The van der Waals surface area contributed by atoms with E-state index in [0.717, 1.165) is 22.9 Å². The van der Waals surface area contributed by atoms with Gasteiger partial charge >= 0.3 is 0 Å². The van der Waals surface area contributed by atoms with Crippen molar-refractivity contribution in [1.29, 1.82) is 0 Å². The van der Waals surface area contributed by atoms with E-state index in [1.54, 1.807) is 32.4 Å².